The third-order valence-electron chi connectivity index (χ3n) is 5.60. The van der Waals surface area contributed by atoms with Crippen LogP contribution >= 0.6 is 0 Å². The zero-order valence-corrected chi connectivity index (χ0v) is 20.6. The van der Waals surface area contributed by atoms with Gasteiger partial charge in [-0.05, 0) is 54.4 Å². The third kappa shape index (κ3) is 4.70. The van der Waals surface area contributed by atoms with Crippen molar-refractivity contribution in [3.05, 3.63) is 83.4 Å². The van der Waals surface area contributed by atoms with Crippen LogP contribution in [0.15, 0.2) is 81.4 Å². The molecule has 0 saturated carbocycles. The van der Waals surface area contributed by atoms with Crippen LogP contribution in [0.3, 0.4) is 0 Å². The van der Waals surface area contributed by atoms with Crippen molar-refractivity contribution in [1.29, 1.82) is 0 Å². The molecule has 1 heterocycles. The summed E-state index contributed by atoms with van der Waals surface area (Å²) in [5.41, 5.74) is 1.11. The minimum absolute atomic E-state index is 0.0385. The fourth-order valence-corrected chi connectivity index (χ4v) is 6.15. The van der Waals surface area contributed by atoms with Crippen LogP contribution in [0.2, 0.25) is 0 Å². The smallest absolute Gasteiger partial charge is 0.257 e. The molecule has 9 nitrogen and oxygen atoms in total. The summed E-state index contributed by atoms with van der Waals surface area (Å²) in [6.45, 7) is 0.270. The molecule has 0 saturated heterocycles. The van der Waals surface area contributed by atoms with Crippen molar-refractivity contribution in [3.8, 4) is 0 Å². The molecule has 0 spiro atoms. The van der Waals surface area contributed by atoms with Crippen molar-refractivity contribution in [2.45, 2.75) is 21.1 Å². The number of hydrogen-bond donors (Lipinski definition) is 2. The van der Waals surface area contributed by atoms with E-state index in [1.54, 1.807) is 24.3 Å². The number of sulfone groups is 1. The Kier molecular flexibility index (Phi) is 6.50. The van der Waals surface area contributed by atoms with Crippen molar-refractivity contribution < 1.29 is 26.4 Å². The van der Waals surface area contributed by atoms with Crippen molar-refractivity contribution in [2.24, 2.45) is 0 Å². The molecule has 0 aromatic heterocycles. The summed E-state index contributed by atoms with van der Waals surface area (Å²) < 4.78 is 51.6. The maximum atomic E-state index is 13.1. The molecular weight excluding hydrogens is 490 g/mol. The normalized spacial score (nSPS) is 14.4. The molecule has 182 valence electrons. The Morgan fingerprint density at radius 3 is 2.34 bits per heavy atom. The van der Waals surface area contributed by atoms with Crippen molar-refractivity contribution in [1.82, 2.24) is 9.62 Å². The maximum Gasteiger partial charge on any atom is 0.257 e. The number of rotatable bonds is 6. The lowest BCUT2D eigenvalue weighted by Crippen LogP contribution is -2.26. The van der Waals surface area contributed by atoms with Gasteiger partial charge in [-0.3, -0.25) is 9.59 Å². The third-order valence-corrected chi connectivity index (χ3v) is 9.30. The molecule has 3 aromatic rings. The van der Waals surface area contributed by atoms with Crippen LogP contribution in [0.4, 0.5) is 5.69 Å². The molecule has 0 bridgehead atoms. The minimum Gasteiger partial charge on any atom is -0.352 e. The summed E-state index contributed by atoms with van der Waals surface area (Å²) >= 11 is 0. The highest BCUT2D eigenvalue weighted by molar-refractivity contribution is 7.91. The first-order valence-electron chi connectivity index (χ1n) is 10.6. The summed E-state index contributed by atoms with van der Waals surface area (Å²) in [6.07, 6.45) is 0.458. The Labute approximate surface area is 203 Å². The molecule has 11 heteroatoms. The van der Waals surface area contributed by atoms with Crippen LogP contribution < -0.4 is 10.6 Å². The highest BCUT2D eigenvalue weighted by Crippen LogP contribution is 2.34. The average Bonchev–Trinajstić information content (AvgIpc) is 2.91. The van der Waals surface area contributed by atoms with E-state index in [-0.39, 0.29) is 38.0 Å². The van der Waals surface area contributed by atoms with Gasteiger partial charge >= 0.3 is 0 Å². The Hall–Kier alpha value is -3.54. The quantitative estimate of drug-likeness (QED) is 0.520. The molecular formula is C24H23N3O6S2. The van der Waals surface area contributed by atoms with Gasteiger partial charge in [0.15, 0.2) is 0 Å². The van der Waals surface area contributed by atoms with Gasteiger partial charge in [-0.1, -0.05) is 24.3 Å². The number of nitrogens with one attached hydrogen (secondary N) is 2. The molecule has 3 aromatic carbocycles. The van der Waals surface area contributed by atoms with Crippen LogP contribution in [0.25, 0.3) is 0 Å². The Morgan fingerprint density at radius 1 is 0.971 bits per heavy atom. The van der Waals surface area contributed by atoms with Gasteiger partial charge in [0, 0.05) is 26.2 Å². The van der Waals surface area contributed by atoms with Gasteiger partial charge in [0.25, 0.3) is 11.8 Å². The number of benzene rings is 3. The fraction of sp³-hybridized carbons (Fsp3) is 0.167. The van der Waals surface area contributed by atoms with Crippen molar-refractivity contribution in [2.75, 3.05) is 26.0 Å². The predicted molar refractivity (Wildman–Crippen MR) is 130 cm³/mol. The number of hydrogen-bond acceptors (Lipinski definition) is 6. The lowest BCUT2D eigenvalue weighted by molar-refractivity contribution is 0.0952. The molecule has 0 atom stereocenters. The number of carbonyl (C=O) groups is 2. The van der Waals surface area contributed by atoms with E-state index in [9.17, 15) is 26.4 Å². The molecule has 2 amide bonds. The monoisotopic (exact) mass is 513 g/mol. The maximum absolute atomic E-state index is 13.1. The first-order chi connectivity index (χ1) is 16.5. The number of sulfonamides is 1. The van der Waals surface area contributed by atoms with E-state index in [1.165, 1.54) is 56.6 Å². The first kappa shape index (κ1) is 24.6. The van der Waals surface area contributed by atoms with Gasteiger partial charge in [-0.2, -0.15) is 0 Å². The SMILES string of the molecule is CN(C)S(=O)(=O)c1ccc(CCNC(=O)c2ccc3c(c2)NC(=O)c2ccccc2S3(=O)=O)cc1. The summed E-state index contributed by atoms with van der Waals surface area (Å²) in [5, 5.41) is 5.34. The van der Waals surface area contributed by atoms with Gasteiger partial charge in [0.1, 0.15) is 0 Å². The van der Waals surface area contributed by atoms with Gasteiger partial charge in [-0.15, -0.1) is 0 Å². The minimum atomic E-state index is -3.95. The van der Waals surface area contributed by atoms with Crippen molar-refractivity contribution >= 4 is 37.4 Å². The molecule has 2 N–H and O–H groups in total. The van der Waals surface area contributed by atoms with Crippen LogP contribution in [0, 0.1) is 0 Å². The van der Waals surface area contributed by atoms with Crippen LogP contribution in [0.1, 0.15) is 26.3 Å². The van der Waals surface area contributed by atoms with E-state index in [0.717, 1.165) is 9.87 Å². The number of fused-ring (bicyclic) bond motifs is 2. The zero-order valence-electron chi connectivity index (χ0n) is 19.0. The second-order valence-corrected chi connectivity index (χ2v) is 12.1. The fourth-order valence-electron chi connectivity index (χ4n) is 3.66. The molecule has 0 radical (unpaired) electrons. The number of anilines is 1. The molecule has 0 fully saturated rings. The molecule has 0 unspecified atom stereocenters. The molecule has 35 heavy (non-hydrogen) atoms. The van der Waals surface area contributed by atoms with Crippen LogP contribution in [-0.4, -0.2) is 53.6 Å². The van der Waals surface area contributed by atoms with E-state index in [1.807, 2.05) is 0 Å². The van der Waals surface area contributed by atoms with Crippen LogP contribution in [0.5, 0.6) is 0 Å². The second kappa shape index (κ2) is 9.25. The largest absolute Gasteiger partial charge is 0.352 e. The first-order valence-corrected chi connectivity index (χ1v) is 13.5. The summed E-state index contributed by atoms with van der Waals surface area (Å²) in [6, 6.07) is 16.4. The molecule has 0 aliphatic carbocycles. The topological polar surface area (TPSA) is 130 Å². The lowest BCUT2D eigenvalue weighted by Gasteiger charge is -2.12. The van der Waals surface area contributed by atoms with Gasteiger partial charge in [0.2, 0.25) is 19.9 Å². The Balaban J connectivity index is 1.47. The second-order valence-electron chi connectivity index (χ2n) is 8.10. The zero-order chi connectivity index (χ0) is 25.4. The highest BCUT2D eigenvalue weighted by atomic mass is 32.2. The summed E-state index contributed by atoms with van der Waals surface area (Å²) in [5.74, 6) is -1.01. The number of amides is 2. The molecule has 4 rings (SSSR count). The van der Waals surface area contributed by atoms with Gasteiger partial charge < -0.3 is 10.6 Å². The average molecular weight is 514 g/mol. The van der Waals surface area contributed by atoms with Crippen LogP contribution in [-0.2, 0) is 26.3 Å². The number of carbonyl (C=O) groups excluding carboxylic acids is 2. The van der Waals surface area contributed by atoms with E-state index < -0.39 is 31.7 Å². The lowest BCUT2D eigenvalue weighted by atomic mass is 10.1. The predicted octanol–water partition coefficient (Wildman–Crippen LogP) is 2.31. The Bertz CT molecular complexity index is 1530. The standard InChI is InChI=1S/C24H23N3O6S2/c1-27(2)35(32,33)18-10-7-16(8-11-18)13-14-25-23(28)17-9-12-22-20(15-17)26-24(29)19-5-3-4-6-21(19)34(22,30)31/h3-12,15H,13-14H2,1-2H3,(H,25,28)(H,26,29). The van der Waals surface area contributed by atoms with E-state index in [2.05, 4.69) is 10.6 Å². The number of nitrogens with zero attached hydrogens (tertiary/aromatic N) is 1. The molecule has 1 aliphatic heterocycles. The summed E-state index contributed by atoms with van der Waals surface area (Å²) in [4.78, 5) is 25.3. The van der Waals surface area contributed by atoms with Gasteiger partial charge in [0.05, 0.1) is 25.9 Å². The van der Waals surface area contributed by atoms with Crippen molar-refractivity contribution in [3.63, 3.8) is 0 Å². The summed E-state index contributed by atoms with van der Waals surface area (Å²) in [7, 11) is -4.54. The van der Waals surface area contributed by atoms with E-state index >= 15 is 0 Å². The highest BCUT2D eigenvalue weighted by Gasteiger charge is 2.31. The Morgan fingerprint density at radius 2 is 1.66 bits per heavy atom. The van der Waals surface area contributed by atoms with E-state index in [4.69, 9.17) is 0 Å². The van der Waals surface area contributed by atoms with Gasteiger partial charge in [-0.25, -0.2) is 21.1 Å². The molecule has 1 aliphatic rings. The van der Waals surface area contributed by atoms with E-state index in [0.29, 0.717) is 6.42 Å².